The molecule has 0 bridgehead atoms. The summed E-state index contributed by atoms with van der Waals surface area (Å²) in [6.07, 6.45) is 20.8. The first-order valence-corrected chi connectivity index (χ1v) is 11.6. The SMILES string of the molecule is CCCCCC(O)(/C=C\C(O)(CCCCC)CCCCC)CCCCC. The zero-order chi connectivity index (χ0) is 19.7. The molecule has 0 aliphatic heterocycles. The van der Waals surface area contributed by atoms with Crippen molar-refractivity contribution in [1.29, 1.82) is 0 Å². The first-order valence-electron chi connectivity index (χ1n) is 11.6. The van der Waals surface area contributed by atoms with Gasteiger partial charge in [-0.05, 0) is 25.7 Å². The number of hydrogen-bond donors (Lipinski definition) is 2. The number of unbranched alkanes of at least 4 members (excludes halogenated alkanes) is 8. The van der Waals surface area contributed by atoms with E-state index in [4.69, 9.17) is 0 Å². The van der Waals surface area contributed by atoms with Crippen LogP contribution in [0.3, 0.4) is 0 Å². The van der Waals surface area contributed by atoms with Gasteiger partial charge in [0.15, 0.2) is 0 Å². The first-order chi connectivity index (χ1) is 12.4. The molecule has 0 unspecified atom stereocenters. The van der Waals surface area contributed by atoms with Gasteiger partial charge < -0.3 is 10.2 Å². The van der Waals surface area contributed by atoms with Crippen molar-refractivity contribution in [2.45, 2.75) is 142 Å². The summed E-state index contributed by atoms with van der Waals surface area (Å²) in [5.74, 6) is 0. The summed E-state index contributed by atoms with van der Waals surface area (Å²) in [6, 6.07) is 0. The molecule has 0 saturated carbocycles. The third kappa shape index (κ3) is 12.9. The van der Waals surface area contributed by atoms with Crippen LogP contribution in [0.2, 0.25) is 0 Å². The Bertz CT molecular complexity index is 283. The second-order valence-electron chi connectivity index (χ2n) is 8.37. The summed E-state index contributed by atoms with van der Waals surface area (Å²) in [4.78, 5) is 0. The van der Waals surface area contributed by atoms with Crippen LogP contribution in [0.4, 0.5) is 0 Å². The zero-order valence-electron chi connectivity index (χ0n) is 18.4. The highest BCUT2D eigenvalue weighted by atomic mass is 16.3. The molecular formula is C24H48O2. The number of rotatable bonds is 18. The summed E-state index contributed by atoms with van der Waals surface area (Å²) in [5.41, 5.74) is -1.48. The van der Waals surface area contributed by atoms with E-state index in [0.717, 1.165) is 51.4 Å². The maximum atomic E-state index is 11.2. The molecule has 0 radical (unpaired) electrons. The fraction of sp³-hybridized carbons (Fsp3) is 0.917. The van der Waals surface area contributed by atoms with Crippen LogP contribution in [0.25, 0.3) is 0 Å². The van der Waals surface area contributed by atoms with Gasteiger partial charge in [0.05, 0.1) is 11.2 Å². The second kappa shape index (κ2) is 15.7. The van der Waals surface area contributed by atoms with Gasteiger partial charge in [0.1, 0.15) is 0 Å². The predicted octanol–water partition coefficient (Wildman–Crippen LogP) is 7.33. The van der Waals surface area contributed by atoms with E-state index in [1.165, 1.54) is 51.4 Å². The third-order valence-electron chi connectivity index (χ3n) is 5.56. The van der Waals surface area contributed by atoms with E-state index in [9.17, 15) is 10.2 Å². The van der Waals surface area contributed by atoms with Gasteiger partial charge in [-0.15, -0.1) is 0 Å². The molecule has 26 heavy (non-hydrogen) atoms. The average molecular weight is 369 g/mol. The molecule has 0 saturated heterocycles. The maximum absolute atomic E-state index is 11.2. The molecule has 0 aromatic heterocycles. The van der Waals surface area contributed by atoms with Gasteiger partial charge in [-0.3, -0.25) is 0 Å². The van der Waals surface area contributed by atoms with Gasteiger partial charge in [-0.25, -0.2) is 0 Å². The zero-order valence-corrected chi connectivity index (χ0v) is 18.4. The van der Waals surface area contributed by atoms with E-state index in [-0.39, 0.29) is 0 Å². The van der Waals surface area contributed by atoms with Crippen LogP contribution in [0.15, 0.2) is 12.2 Å². The Morgan fingerprint density at radius 1 is 0.462 bits per heavy atom. The van der Waals surface area contributed by atoms with E-state index >= 15 is 0 Å². The molecule has 2 heteroatoms. The highest BCUT2D eigenvalue weighted by Gasteiger charge is 2.27. The molecule has 0 atom stereocenters. The lowest BCUT2D eigenvalue weighted by Crippen LogP contribution is -2.30. The van der Waals surface area contributed by atoms with Gasteiger partial charge in [0.25, 0.3) is 0 Å². The highest BCUT2D eigenvalue weighted by Crippen LogP contribution is 2.29. The smallest absolute Gasteiger partial charge is 0.0828 e. The first kappa shape index (κ1) is 25.7. The topological polar surface area (TPSA) is 40.5 Å². The fourth-order valence-corrected chi connectivity index (χ4v) is 3.62. The van der Waals surface area contributed by atoms with Crippen LogP contribution in [0, 0.1) is 0 Å². The molecule has 0 fully saturated rings. The standard InChI is InChI=1S/C24H48O2/c1-5-9-13-17-23(25,18-14-10-6-2)21-22-24(26,19-15-11-7-3)20-16-12-8-4/h21-22,25-26H,5-20H2,1-4H3/b22-21-. The predicted molar refractivity (Wildman–Crippen MR) is 116 cm³/mol. The van der Waals surface area contributed by atoms with Crippen molar-refractivity contribution in [2.75, 3.05) is 0 Å². The summed E-state index contributed by atoms with van der Waals surface area (Å²) in [6.45, 7) is 8.80. The minimum absolute atomic E-state index is 0.742. The molecule has 0 aromatic rings. The fourth-order valence-electron chi connectivity index (χ4n) is 3.62. The monoisotopic (exact) mass is 368 g/mol. The van der Waals surface area contributed by atoms with E-state index in [2.05, 4.69) is 27.7 Å². The Hall–Kier alpha value is -0.340. The molecule has 2 N–H and O–H groups in total. The highest BCUT2D eigenvalue weighted by molar-refractivity contribution is 5.09. The molecule has 0 aliphatic rings. The molecular weight excluding hydrogens is 320 g/mol. The van der Waals surface area contributed by atoms with E-state index < -0.39 is 11.2 Å². The van der Waals surface area contributed by atoms with Crippen LogP contribution < -0.4 is 0 Å². The molecule has 0 spiro atoms. The van der Waals surface area contributed by atoms with Crippen LogP contribution in [0.1, 0.15) is 130 Å². The Balaban J connectivity index is 5.00. The Morgan fingerprint density at radius 2 is 0.692 bits per heavy atom. The van der Waals surface area contributed by atoms with Crippen molar-refractivity contribution in [3.8, 4) is 0 Å². The second-order valence-corrected chi connectivity index (χ2v) is 8.37. The lowest BCUT2D eigenvalue weighted by Gasteiger charge is -2.29. The van der Waals surface area contributed by atoms with Crippen LogP contribution in [0.5, 0.6) is 0 Å². The van der Waals surface area contributed by atoms with E-state index in [0.29, 0.717) is 0 Å². The van der Waals surface area contributed by atoms with Gasteiger partial charge in [0, 0.05) is 0 Å². The van der Waals surface area contributed by atoms with Crippen molar-refractivity contribution in [1.82, 2.24) is 0 Å². The van der Waals surface area contributed by atoms with Crippen molar-refractivity contribution in [2.24, 2.45) is 0 Å². The quantitative estimate of drug-likeness (QED) is 0.196. The van der Waals surface area contributed by atoms with Gasteiger partial charge in [-0.1, -0.05) is 117 Å². The summed E-state index contributed by atoms with van der Waals surface area (Å²) < 4.78 is 0. The van der Waals surface area contributed by atoms with Crippen LogP contribution >= 0.6 is 0 Å². The molecule has 0 heterocycles. The Kier molecular flexibility index (Phi) is 15.5. The molecule has 0 aromatic carbocycles. The lowest BCUT2D eigenvalue weighted by molar-refractivity contribution is 0.0491. The molecule has 0 aliphatic carbocycles. The summed E-state index contributed by atoms with van der Waals surface area (Å²) >= 11 is 0. The van der Waals surface area contributed by atoms with Crippen molar-refractivity contribution < 1.29 is 10.2 Å². The summed E-state index contributed by atoms with van der Waals surface area (Å²) in [5, 5.41) is 22.3. The van der Waals surface area contributed by atoms with Gasteiger partial charge in [0.2, 0.25) is 0 Å². The van der Waals surface area contributed by atoms with Crippen molar-refractivity contribution in [3.63, 3.8) is 0 Å². The minimum atomic E-state index is -0.742. The Morgan fingerprint density at radius 3 is 0.885 bits per heavy atom. The van der Waals surface area contributed by atoms with Crippen LogP contribution in [-0.2, 0) is 0 Å². The molecule has 156 valence electrons. The van der Waals surface area contributed by atoms with Gasteiger partial charge in [-0.2, -0.15) is 0 Å². The molecule has 2 nitrogen and oxygen atoms in total. The van der Waals surface area contributed by atoms with Gasteiger partial charge >= 0.3 is 0 Å². The van der Waals surface area contributed by atoms with Crippen molar-refractivity contribution in [3.05, 3.63) is 12.2 Å². The lowest BCUT2D eigenvalue weighted by atomic mass is 9.85. The normalized spacial score (nSPS) is 13.0. The molecule has 0 amide bonds. The van der Waals surface area contributed by atoms with E-state index in [1.807, 2.05) is 12.2 Å². The van der Waals surface area contributed by atoms with E-state index in [1.54, 1.807) is 0 Å². The third-order valence-corrected chi connectivity index (χ3v) is 5.56. The summed E-state index contributed by atoms with van der Waals surface area (Å²) in [7, 11) is 0. The molecule has 0 rings (SSSR count). The Labute approximate surface area is 164 Å². The van der Waals surface area contributed by atoms with Crippen molar-refractivity contribution >= 4 is 0 Å². The largest absolute Gasteiger partial charge is 0.386 e. The number of aliphatic hydroxyl groups is 2. The minimum Gasteiger partial charge on any atom is -0.386 e. The van der Waals surface area contributed by atoms with Crippen LogP contribution in [-0.4, -0.2) is 21.4 Å². The number of hydrogen-bond acceptors (Lipinski definition) is 2. The maximum Gasteiger partial charge on any atom is 0.0828 e. The average Bonchev–Trinajstić information content (AvgIpc) is 2.61.